The van der Waals surface area contributed by atoms with Crippen LogP contribution in [-0.2, 0) is 6.54 Å². The third kappa shape index (κ3) is 19.9. The monoisotopic (exact) mass is 1550 g/mol. The second kappa shape index (κ2) is 37.5. The number of furan rings is 1. The van der Waals surface area contributed by atoms with E-state index in [9.17, 15) is 48.6 Å². The third-order valence-corrected chi connectivity index (χ3v) is 18.9. The van der Waals surface area contributed by atoms with Crippen molar-refractivity contribution in [2.24, 2.45) is 5.92 Å². The zero-order valence-corrected chi connectivity index (χ0v) is 64.8. The number of amides is 3. The van der Waals surface area contributed by atoms with Gasteiger partial charge in [0.15, 0.2) is 23.1 Å². The average molecular weight is 1550 g/mol. The Bertz CT molecular complexity index is 5860. The molecule has 8 aromatic carbocycles. The number of carboxylic acids is 1. The van der Waals surface area contributed by atoms with Crippen molar-refractivity contribution in [2.45, 2.75) is 73.0 Å². The fraction of sp³-hybridized carbons (Fsp3) is 0.191. The summed E-state index contributed by atoms with van der Waals surface area (Å²) in [5.74, 6) is 0.705. The number of Topliss-reactive ketones (excluding diaryl/α,β-unsaturated/α-hetero) is 4. The minimum absolute atomic E-state index is 0.0148. The number of benzene rings is 8. The van der Waals surface area contributed by atoms with Gasteiger partial charge in [0.25, 0.3) is 17.7 Å². The van der Waals surface area contributed by atoms with E-state index in [1.54, 1.807) is 123 Å². The van der Waals surface area contributed by atoms with Gasteiger partial charge >= 0.3 is 5.97 Å². The third-order valence-electron chi connectivity index (χ3n) is 18.9. The topological polar surface area (TPSA) is 378 Å². The van der Waals surface area contributed by atoms with E-state index in [-0.39, 0.29) is 83.3 Å². The standard InChI is InChI=1S/C24H21N3O4.C24H27N3O4.C22H21N3O3.C19H16N2O4/c1-15(28)17-8-5-16(6-9-17)7-11-20-22-21(27-26-20)12-10-19(23(22)30-2)24(29)25-14-18-4-3-13-31-18;1-14(2)21(13-28)25-24(30)18-10-12-20-22(23(18)31-4)19(26-27-20)11-7-16-5-8-17(9-6-16)15(3)29;1-13(26)15-6-3-14(4-7-15)5-11-18-20-19(25-24-18)12-10-17(21(20)28-2)22(27)23-16-8-9-16;1-11(22)13-6-3-12(4-7-13)5-9-15-17-16(21-20-15)10-8-14(19(23)24)18(17)25-2/h3-13H,14H2,1-2H3,(H,25,29)(H,26,27);5-12,14,21,28H,13H2,1-4H3,(H,25,30)(H,26,27);3-7,10-12,16H,8-9H2,1-2H3,(H,23,27)(H,24,25);3-10H,1-2H3,(H,20,21)(H,23,24)/b2*11-7+;11-5+;9-5+. The second-order valence-corrected chi connectivity index (χ2v) is 27.1. The van der Waals surface area contributed by atoms with Crippen molar-refractivity contribution in [3.63, 3.8) is 0 Å². The Kier molecular flexibility index (Phi) is 26.6. The SMILES string of the molecule is COc1c(C(=O)NC(CO)C(C)C)ccc2n[nH]c(/C=C/c3ccc(C(C)=O)cc3)c12.COc1c(C(=O)NC2CC2)ccc2n[nH]c(/C=C/c3ccc(C(C)=O)cc3)c12.COc1c(C(=O)NCc2ccco2)ccc2n[nH]c(/C=C/c3ccc(C(C)=O)cc3)c12.COc1c(C(=O)O)ccc2n[nH]c(/C=C/c3ccc(C(C)=O)cc3)c12. The van der Waals surface area contributed by atoms with Crippen molar-refractivity contribution in [2.75, 3.05) is 35.0 Å². The highest BCUT2D eigenvalue weighted by Gasteiger charge is 2.28. The largest absolute Gasteiger partial charge is 0.495 e. The number of ether oxygens (including phenoxy) is 4. The number of methoxy groups -OCH3 is 4. The molecule has 14 rings (SSSR count). The lowest BCUT2D eigenvalue weighted by atomic mass is 10.0. The van der Waals surface area contributed by atoms with Gasteiger partial charge in [-0.2, -0.15) is 20.4 Å². The molecule has 5 aromatic heterocycles. The Hall–Kier alpha value is -14.4. The zero-order chi connectivity index (χ0) is 82.0. The number of aromatic carboxylic acids is 1. The van der Waals surface area contributed by atoms with Gasteiger partial charge in [-0.1, -0.05) is 135 Å². The first kappa shape index (κ1) is 81.6. The minimum Gasteiger partial charge on any atom is -0.495 e. The number of nitrogens with one attached hydrogen (secondary N) is 7. The summed E-state index contributed by atoms with van der Waals surface area (Å²) in [5.41, 5.74) is 13.2. The predicted molar refractivity (Wildman–Crippen MR) is 443 cm³/mol. The lowest BCUT2D eigenvalue weighted by Gasteiger charge is -2.20. The highest BCUT2D eigenvalue weighted by molar-refractivity contribution is 6.09. The van der Waals surface area contributed by atoms with E-state index in [2.05, 4.69) is 56.7 Å². The number of aromatic nitrogens is 8. The molecular formula is C89H85N11O15. The molecule has 0 bridgehead atoms. The summed E-state index contributed by atoms with van der Waals surface area (Å²) in [6.45, 7) is 10.1. The number of hydrogen-bond donors (Lipinski definition) is 9. The fourth-order valence-electron chi connectivity index (χ4n) is 12.3. The molecule has 115 heavy (non-hydrogen) atoms. The minimum atomic E-state index is -1.06. The Morgan fingerprint density at radius 3 is 1.03 bits per heavy atom. The maximum absolute atomic E-state index is 12.9. The molecule has 1 saturated carbocycles. The number of aliphatic hydroxyl groups excluding tert-OH is 1. The molecule has 586 valence electrons. The molecule has 13 aromatic rings. The number of carboxylic acid groups (broad SMARTS) is 1. The number of carbonyl (C=O) groups excluding carboxylic acids is 7. The normalized spacial score (nSPS) is 12.1. The van der Waals surface area contributed by atoms with Gasteiger partial charge in [-0.15, -0.1) is 0 Å². The molecule has 1 fully saturated rings. The number of nitrogens with zero attached hydrogens (tertiary/aromatic N) is 4. The number of aliphatic hydroxyl groups is 1. The summed E-state index contributed by atoms with van der Waals surface area (Å²) < 4.78 is 27.3. The van der Waals surface area contributed by atoms with Crippen molar-refractivity contribution in [3.05, 3.63) is 259 Å². The van der Waals surface area contributed by atoms with Crippen LogP contribution in [-0.4, -0.2) is 145 Å². The van der Waals surface area contributed by atoms with Crippen molar-refractivity contribution < 1.29 is 71.9 Å². The molecule has 0 saturated heterocycles. The summed E-state index contributed by atoms with van der Waals surface area (Å²) in [7, 11) is 6.03. The van der Waals surface area contributed by atoms with Crippen LogP contribution in [0.1, 0.15) is 188 Å². The van der Waals surface area contributed by atoms with Gasteiger partial charge in [-0.05, 0) is 154 Å². The van der Waals surface area contributed by atoms with E-state index in [1.807, 2.05) is 111 Å². The van der Waals surface area contributed by atoms with Crippen LogP contribution in [0.15, 0.2) is 168 Å². The van der Waals surface area contributed by atoms with Crippen LogP contribution in [0.25, 0.3) is 92.2 Å². The number of rotatable bonds is 26. The van der Waals surface area contributed by atoms with E-state index in [0.29, 0.717) is 112 Å². The number of fused-ring (bicyclic) bond motifs is 4. The number of H-pyrrole nitrogens is 4. The fourth-order valence-corrected chi connectivity index (χ4v) is 12.3. The maximum Gasteiger partial charge on any atom is 0.339 e. The first-order valence-corrected chi connectivity index (χ1v) is 36.6. The van der Waals surface area contributed by atoms with E-state index >= 15 is 0 Å². The Balaban J connectivity index is 0.000000151. The van der Waals surface area contributed by atoms with Crippen LogP contribution >= 0.6 is 0 Å². The Morgan fingerprint density at radius 2 is 0.748 bits per heavy atom. The molecule has 3 amide bonds. The lowest BCUT2D eigenvalue weighted by Crippen LogP contribution is -2.41. The number of aromatic amines is 4. The van der Waals surface area contributed by atoms with Crippen molar-refractivity contribution in [3.8, 4) is 23.0 Å². The van der Waals surface area contributed by atoms with Gasteiger partial charge in [0.1, 0.15) is 34.3 Å². The Morgan fingerprint density at radius 1 is 0.435 bits per heavy atom. The molecular weight excluding hydrogens is 1460 g/mol. The van der Waals surface area contributed by atoms with Gasteiger partial charge in [0, 0.05) is 28.3 Å². The first-order chi connectivity index (χ1) is 55.5. The van der Waals surface area contributed by atoms with Crippen LogP contribution in [0.5, 0.6) is 23.0 Å². The summed E-state index contributed by atoms with van der Waals surface area (Å²) >= 11 is 0. The molecule has 26 heteroatoms. The highest BCUT2D eigenvalue weighted by atomic mass is 16.5. The number of carbonyl (C=O) groups is 8. The molecule has 0 spiro atoms. The van der Waals surface area contributed by atoms with E-state index in [4.69, 9.17) is 23.4 Å². The number of hydrogen-bond acceptors (Lipinski definition) is 18. The van der Waals surface area contributed by atoms with Crippen molar-refractivity contribution in [1.82, 2.24) is 56.7 Å². The summed E-state index contributed by atoms with van der Waals surface area (Å²) in [6, 6.07) is 46.2. The molecule has 0 aliphatic heterocycles. The van der Waals surface area contributed by atoms with Crippen LogP contribution in [0.4, 0.5) is 0 Å². The first-order valence-electron chi connectivity index (χ1n) is 36.6. The highest BCUT2D eigenvalue weighted by Crippen LogP contribution is 2.37. The molecule has 0 radical (unpaired) electrons. The van der Waals surface area contributed by atoms with Gasteiger partial charge in [0.2, 0.25) is 0 Å². The van der Waals surface area contributed by atoms with Crippen LogP contribution in [0.3, 0.4) is 0 Å². The Labute approximate surface area is 660 Å². The van der Waals surface area contributed by atoms with E-state index in [0.717, 1.165) is 51.7 Å². The quantitative estimate of drug-likeness (QED) is 0.0227. The molecule has 1 atom stereocenters. The molecule has 5 heterocycles. The van der Waals surface area contributed by atoms with Gasteiger partial charge < -0.3 is 49.5 Å². The van der Waals surface area contributed by atoms with Crippen molar-refractivity contribution in [1.29, 1.82) is 0 Å². The molecule has 1 aliphatic rings. The summed E-state index contributed by atoms with van der Waals surface area (Å²) in [5, 5.41) is 59.3. The van der Waals surface area contributed by atoms with Gasteiger partial charge in [0.05, 0.1) is 137 Å². The smallest absolute Gasteiger partial charge is 0.339 e. The molecule has 9 N–H and O–H groups in total. The van der Waals surface area contributed by atoms with E-state index < -0.39 is 5.97 Å². The maximum atomic E-state index is 12.9. The molecule has 26 nitrogen and oxygen atoms in total. The van der Waals surface area contributed by atoms with Gasteiger partial charge in [-0.25, -0.2) is 4.79 Å². The molecule has 1 aliphatic carbocycles. The van der Waals surface area contributed by atoms with Crippen LogP contribution < -0.4 is 34.9 Å². The van der Waals surface area contributed by atoms with Crippen LogP contribution in [0.2, 0.25) is 0 Å². The van der Waals surface area contributed by atoms with E-state index in [1.165, 1.54) is 48.2 Å². The average Bonchev–Trinajstić information content (AvgIpc) is 1.71. The van der Waals surface area contributed by atoms with Crippen molar-refractivity contribution >= 4 is 139 Å². The van der Waals surface area contributed by atoms with Gasteiger partial charge in [-0.3, -0.25) is 54.0 Å². The predicted octanol–water partition coefficient (Wildman–Crippen LogP) is 15.6. The summed E-state index contributed by atoms with van der Waals surface area (Å²) in [6.07, 6.45) is 18.6. The zero-order valence-electron chi connectivity index (χ0n) is 64.8. The summed E-state index contributed by atoms with van der Waals surface area (Å²) in [4.78, 5) is 95.1. The van der Waals surface area contributed by atoms with Crippen LogP contribution in [0, 0.1) is 5.92 Å². The lowest BCUT2D eigenvalue weighted by molar-refractivity contribution is 0.0691. The second-order valence-electron chi connectivity index (χ2n) is 27.1. The molecule has 1 unspecified atom stereocenters. The number of ketones is 4.